The van der Waals surface area contributed by atoms with Crippen LogP contribution in [0.25, 0.3) is 0 Å². The highest BCUT2D eigenvalue weighted by Crippen LogP contribution is 2.26. The zero-order valence-corrected chi connectivity index (χ0v) is 24.8. The molecule has 0 aliphatic heterocycles. The Labute approximate surface area is 238 Å². The van der Waals surface area contributed by atoms with E-state index in [0.717, 1.165) is 14.3 Å². The Bertz CT molecular complexity index is 1400. The van der Waals surface area contributed by atoms with Gasteiger partial charge in [-0.1, -0.05) is 58.7 Å². The van der Waals surface area contributed by atoms with Crippen LogP contribution in [-0.4, -0.2) is 43.8 Å². The second-order valence-electron chi connectivity index (χ2n) is 9.41. The molecule has 0 radical (unpaired) electrons. The Balaban J connectivity index is 2.03. The molecular formula is C29H33BrFN3O4S. The fourth-order valence-corrected chi connectivity index (χ4v) is 5.51. The van der Waals surface area contributed by atoms with E-state index in [4.69, 9.17) is 0 Å². The van der Waals surface area contributed by atoms with E-state index in [1.165, 1.54) is 35.2 Å². The van der Waals surface area contributed by atoms with E-state index in [0.29, 0.717) is 6.42 Å². The second-order valence-corrected chi connectivity index (χ2v) is 12.2. The Morgan fingerprint density at radius 1 is 0.974 bits per heavy atom. The van der Waals surface area contributed by atoms with Crippen LogP contribution in [0.5, 0.6) is 0 Å². The van der Waals surface area contributed by atoms with Crippen LogP contribution >= 0.6 is 15.9 Å². The van der Waals surface area contributed by atoms with Gasteiger partial charge in [0.25, 0.3) is 10.0 Å². The van der Waals surface area contributed by atoms with Crippen molar-refractivity contribution in [3.05, 3.63) is 94.2 Å². The molecule has 0 aromatic heterocycles. The van der Waals surface area contributed by atoms with E-state index >= 15 is 0 Å². The third kappa shape index (κ3) is 7.67. The molecule has 2 atom stereocenters. The summed E-state index contributed by atoms with van der Waals surface area (Å²) in [6, 6.07) is 17.7. The number of benzene rings is 3. The number of anilines is 1. The Morgan fingerprint density at radius 3 is 2.18 bits per heavy atom. The number of hydrogen-bond donors (Lipinski definition) is 1. The highest BCUT2D eigenvalue weighted by atomic mass is 79.9. The van der Waals surface area contributed by atoms with Crippen molar-refractivity contribution in [1.82, 2.24) is 10.2 Å². The number of sulfonamides is 1. The number of carbonyl (C=O) groups excluding carboxylic acids is 2. The highest BCUT2D eigenvalue weighted by Gasteiger charge is 2.33. The van der Waals surface area contributed by atoms with Gasteiger partial charge in [-0.05, 0) is 69.7 Å². The normalized spacial score (nSPS) is 12.9. The minimum Gasteiger partial charge on any atom is -0.352 e. The molecule has 0 unspecified atom stereocenters. The SMILES string of the molecule is CC[C@H](C)NC(=O)[C@H](C)N(Cc1ccccc1F)C(=O)CN(c1ccc(Br)cc1)S(=O)(=O)c1ccc(C)cc1. The first kappa shape index (κ1) is 30.3. The molecule has 0 fully saturated rings. The van der Waals surface area contributed by atoms with E-state index in [-0.39, 0.29) is 28.7 Å². The fraction of sp³-hybridized carbons (Fsp3) is 0.310. The van der Waals surface area contributed by atoms with Gasteiger partial charge in [0.1, 0.15) is 18.4 Å². The Morgan fingerprint density at radius 2 is 1.59 bits per heavy atom. The van der Waals surface area contributed by atoms with Gasteiger partial charge in [-0.15, -0.1) is 0 Å². The first-order chi connectivity index (χ1) is 18.4. The molecule has 10 heteroatoms. The fourth-order valence-electron chi connectivity index (χ4n) is 3.83. The van der Waals surface area contributed by atoms with Crippen LogP contribution in [0, 0.1) is 12.7 Å². The minimum atomic E-state index is -4.17. The van der Waals surface area contributed by atoms with E-state index in [1.807, 2.05) is 20.8 Å². The third-order valence-electron chi connectivity index (χ3n) is 6.47. The molecule has 0 spiro atoms. The molecular weight excluding hydrogens is 585 g/mol. The predicted molar refractivity (Wildman–Crippen MR) is 154 cm³/mol. The molecule has 208 valence electrons. The van der Waals surface area contributed by atoms with Crippen molar-refractivity contribution < 1.29 is 22.4 Å². The summed E-state index contributed by atoms with van der Waals surface area (Å²) >= 11 is 3.35. The molecule has 3 rings (SSSR count). The van der Waals surface area contributed by atoms with E-state index in [1.54, 1.807) is 49.4 Å². The number of carbonyl (C=O) groups is 2. The zero-order valence-electron chi connectivity index (χ0n) is 22.4. The largest absolute Gasteiger partial charge is 0.352 e. The monoisotopic (exact) mass is 617 g/mol. The van der Waals surface area contributed by atoms with Crippen LogP contribution in [-0.2, 0) is 26.2 Å². The Hall–Kier alpha value is -3.24. The van der Waals surface area contributed by atoms with E-state index < -0.39 is 40.2 Å². The number of nitrogens with zero attached hydrogens (tertiary/aromatic N) is 2. The van der Waals surface area contributed by atoms with Gasteiger partial charge >= 0.3 is 0 Å². The van der Waals surface area contributed by atoms with Crippen molar-refractivity contribution in [3.8, 4) is 0 Å². The lowest BCUT2D eigenvalue weighted by Crippen LogP contribution is -2.52. The quantitative estimate of drug-likeness (QED) is 0.311. The second kappa shape index (κ2) is 13.2. The zero-order chi connectivity index (χ0) is 28.7. The van der Waals surface area contributed by atoms with Crippen molar-refractivity contribution >= 4 is 43.5 Å². The summed E-state index contributed by atoms with van der Waals surface area (Å²) in [5.74, 6) is -1.59. The molecule has 3 aromatic rings. The number of halogens is 2. The number of aryl methyl sites for hydroxylation is 1. The lowest BCUT2D eigenvalue weighted by Gasteiger charge is -2.32. The number of amides is 2. The van der Waals surface area contributed by atoms with Gasteiger partial charge in [0, 0.05) is 22.6 Å². The molecule has 7 nitrogen and oxygen atoms in total. The van der Waals surface area contributed by atoms with Gasteiger partial charge in [-0.2, -0.15) is 0 Å². The van der Waals surface area contributed by atoms with Crippen molar-refractivity contribution in [3.63, 3.8) is 0 Å². The van der Waals surface area contributed by atoms with Gasteiger partial charge in [-0.3, -0.25) is 13.9 Å². The molecule has 1 N–H and O–H groups in total. The maximum atomic E-state index is 14.6. The van der Waals surface area contributed by atoms with Crippen molar-refractivity contribution in [2.75, 3.05) is 10.8 Å². The number of hydrogen-bond acceptors (Lipinski definition) is 4. The molecule has 0 bridgehead atoms. The van der Waals surface area contributed by atoms with Crippen molar-refractivity contribution in [2.24, 2.45) is 0 Å². The van der Waals surface area contributed by atoms with Gasteiger partial charge in [0.15, 0.2) is 0 Å². The van der Waals surface area contributed by atoms with Crippen LogP contribution in [0.15, 0.2) is 82.2 Å². The van der Waals surface area contributed by atoms with Crippen LogP contribution in [0.1, 0.15) is 38.3 Å². The minimum absolute atomic E-state index is 0.0204. The summed E-state index contributed by atoms with van der Waals surface area (Å²) in [6.45, 7) is 6.36. The van der Waals surface area contributed by atoms with Crippen molar-refractivity contribution in [2.45, 2.75) is 57.6 Å². The lowest BCUT2D eigenvalue weighted by molar-refractivity contribution is -0.139. The average molecular weight is 619 g/mol. The molecule has 0 aliphatic rings. The van der Waals surface area contributed by atoms with Gasteiger partial charge < -0.3 is 10.2 Å². The molecule has 0 saturated carbocycles. The number of nitrogens with one attached hydrogen (secondary N) is 1. The predicted octanol–water partition coefficient (Wildman–Crippen LogP) is 5.42. The highest BCUT2D eigenvalue weighted by molar-refractivity contribution is 9.10. The van der Waals surface area contributed by atoms with E-state index in [2.05, 4.69) is 21.2 Å². The molecule has 0 saturated heterocycles. The molecule has 0 heterocycles. The first-order valence-corrected chi connectivity index (χ1v) is 14.9. The molecule has 39 heavy (non-hydrogen) atoms. The lowest BCUT2D eigenvalue weighted by atomic mass is 10.1. The molecule has 3 aromatic carbocycles. The van der Waals surface area contributed by atoms with E-state index in [9.17, 15) is 22.4 Å². The van der Waals surface area contributed by atoms with Gasteiger partial charge in [0.2, 0.25) is 11.8 Å². The summed E-state index contributed by atoms with van der Waals surface area (Å²) in [5.41, 5.74) is 1.37. The third-order valence-corrected chi connectivity index (χ3v) is 8.79. The van der Waals surface area contributed by atoms with Gasteiger partial charge in [-0.25, -0.2) is 12.8 Å². The van der Waals surface area contributed by atoms with Gasteiger partial charge in [0.05, 0.1) is 10.6 Å². The maximum Gasteiger partial charge on any atom is 0.264 e. The summed E-state index contributed by atoms with van der Waals surface area (Å²) in [5, 5.41) is 2.85. The molecule has 2 amide bonds. The summed E-state index contributed by atoms with van der Waals surface area (Å²) in [7, 11) is -4.17. The molecule has 0 aliphatic carbocycles. The maximum absolute atomic E-state index is 14.6. The van der Waals surface area contributed by atoms with Crippen LogP contribution in [0.3, 0.4) is 0 Å². The topological polar surface area (TPSA) is 86.8 Å². The summed E-state index contributed by atoms with van der Waals surface area (Å²) < 4.78 is 43.9. The first-order valence-electron chi connectivity index (χ1n) is 12.6. The van der Waals surface area contributed by atoms with Crippen LogP contribution in [0.2, 0.25) is 0 Å². The Kier molecular flexibility index (Phi) is 10.3. The average Bonchev–Trinajstić information content (AvgIpc) is 2.91. The summed E-state index contributed by atoms with van der Waals surface area (Å²) in [6.07, 6.45) is 0.686. The van der Waals surface area contributed by atoms with Crippen LogP contribution < -0.4 is 9.62 Å². The summed E-state index contributed by atoms with van der Waals surface area (Å²) in [4.78, 5) is 28.1. The van der Waals surface area contributed by atoms with Crippen LogP contribution in [0.4, 0.5) is 10.1 Å². The van der Waals surface area contributed by atoms with Crippen molar-refractivity contribution in [1.29, 1.82) is 0 Å². The smallest absolute Gasteiger partial charge is 0.264 e. The number of rotatable bonds is 11. The standard InChI is InChI=1S/C29H33BrFN3O4S/c1-5-21(3)32-29(36)22(4)33(18-23-8-6-7-9-27(23)31)28(35)19-34(25-14-12-24(30)13-15-25)39(37,38)26-16-10-20(2)11-17-26/h6-17,21-22H,5,18-19H2,1-4H3,(H,32,36)/t21-,22-/m0/s1.